The fraction of sp³-hybridized carbons (Fsp3) is 0.391. The van der Waals surface area contributed by atoms with Crippen molar-refractivity contribution in [1.82, 2.24) is 20.3 Å². The van der Waals surface area contributed by atoms with Crippen LogP contribution in [0, 0.1) is 0 Å². The first-order valence-electron chi connectivity index (χ1n) is 10.5. The Kier molecular flexibility index (Phi) is 5.88. The first kappa shape index (κ1) is 20.8. The maximum Gasteiger partial charge on any atom is 0.407 e. The molecule has 8 heteroatoms. The Hall–Kier alpha value is -3.42. The highest BCUT2D eigenvalue weighted by Crippen LogP contribution is 2.21. The van der Waals surface area contributed by atoms with E-state index < -0.39 is 11.7 Å². The van der Waals surface area contributed by atoms with E-state index in [0.717, 1.165) is 54.3 Å². The lowest BCUT2D eigenvalue weighted by Crippen LogP contribution is -2.46. The van der Waals surface area contributed by atoms with Crippen LogP contribution in [0.5, 0.6) is 0 Å². The second kappa shape index (κ2) is 8.75. The molecule has 4 heterocycles. The summed E-state index contributed by atoms with van der Waals surface area (Å²) < 4.78 is 5.28. The average molecular weight is 421 g/mol. The van der Waals surface area contributed by atoms with Gasteiger partial charge in [0, 0.05) is 44.0 Å². The summed E-state index contributed by atoms with van der Waals surface area (Å²) in [6.07, 6.45) is 5.04. The van der Waals surface area contributed by atoms with Gasteiger partial charge in [0.15, 0.2) is 0 Å². The van der Waals surface area contributed by atoms with Gasteiger partial charge in [-0.3, -0.25) is 9.97 Å². The van der Waals surface area contributed by atoms with Crippen LogP contribution in [0.4, 0.5) is 16.3 Å². The summed E-state index contributed by atoms with van der Waals surface area (Å²) in [7, 11) is 0. The molecule has 162 valence electrons. The number of nitrogens with zero attached hydrogens (tertiary/aromatic N) is 5. The number of amides is 1. The molecule has 0 bridgehead atoms. The SMILES string of the molecule is CC(C)(C)OC(=O)NCc1cc2nc(N3CCN(c4cccnc4)CC3)ccc2cn1. The van der Waals surface area contributed by atoms with Crippen LogP contribution < -0.4 is 15.1 Å². The third-order valence-electron chi connectivity index (χ3n) is 5.04. The van der Waals surface area contributed by atoms with Crippen LogP contribution in [0.15, 0.2) is 48.9 Å². The number of piperazine rings is 1. The first-order chi connectivity index (χ1) is 14.9. The topological polar surface area (TPSA) is 83.5 Å². The lowest BCUT2D eigenvalue weighted by atomic mass is 10.2. The van der Waals surface area contributed by atoms with Gasteiger partial charge in [-0.05, 0) is 51.1 Å². The number of fused-ring (bicyclic) bond motifs is 1. The van der Waals surface area contributed by atoms with E-state index in [4.69, 9.17) is 9.72 Å². The second-order valence-corrected chi connectivity index (χ2v) is 8.58. The van der Waals surface area contributed by atoms with Crippen LogP contribution in [0.3, 0.4) is 0 Å². The van der Waals surface area contributed by atoms with E-state index in [1.165, 1.54) is 0 Å². The van der Waals surface area contributed by atoms with E-state index in [1.807, 2.05) is 51.2 Å². The van der Waals surface area contributed by atoms with Crippen molar-refractivity contribution < 1.29 is 9.53 Å². The van der Waals surface area contributed by atoms with Crippen molar-refractivity contribution in [2.45, 2.75) is 32.9 Å². The van der Waals surface area contributed by atoms with E-state index in [9.17, 15) is 4.79 Å². The number of aromatic nitrogens is 3. The second-order valence-electron chi connectivity index (χ2n) is 8.58. The summed E-state index contributed by atoms with van der Waals surface area (Å²) in [5.41, 5.74) is 2.23. The molecule has 3 aromatic heterocycles. The minimum atomic E-state index is -0.529. The molecule has 1 amide bonds. The number of hydrogen-bond acceptors (Lipinski definition) is 7. The molecular weight excluding hydrogens is 392 g/mol. The van der Waals surface area contributed by atoms with E-state index in [2.05, 4.69) is 31.2 Å². The summed E-state index contributed by atoms with van der Waals surface area (Å²) in [6.45, 7) is 9.44. The Balaban J connectivity index is 1.41. The molecule has 0 spiro atoms. The summed E-state index contributed by atoms with van der Waals surface area (Å²) in [4.78, 5) is 30.0. The third-order valence-corrected chi connectivity index (χ3v) is 5.04. The number of carbonyl (C=O) groups is 1. The van der Waals surface area contributed by atoms with Crippen molar-refractivity contribution in [3.05, 3.63) is 54.6 Å². The highest BCUT2D eigenvalue weighted by molar-refractivity contribution is 5.80. The van der Waals surface area contributed by atoms with Gasteiger partial charge in [-0.15, -0.1) is 0 Å². The molecule has 31 heavy (non-hydrogen) atoms. The fourth-order valence-electron chi connectivity index (χ4n) is 3.53. The van der Waals surface area contributed by atoms with Crippen LogP contribution in [0.25, 0.3) is 10.9 Å². The molecule has 0 saturated carbocycles. The Labute approximate surface area is 182 Å². The van der Waals surface area contributed by atoms with Crippen LogP contribution in [0.2, 0.25) is 0 Å². The average Bonchev–Trinajstić information content (AvgIpc) is 2.77. The number of anilines is 2. The standard InChI is InChI=1S/C23H28N6O2/c1-23(2,3)31-22(30)26-15-18-13-20-17(14-25-18)6-7-21(27-20)29-11-9-28(10-12-29)19-5-4-8-24-16-19/h4-8,13-14,16H,9-12,15H2,1-3H3,(H,26,30). The number of pyridine rings is 3. The molecule has 1 aliphatic rings. The molecule has 0 aliphatic carbocycles. The number of ether oxygens (including phenoxy) is 1. The Morgan fingerprint density at radius 3 is 2.58 bits per heavy atom. The third kappa shape index (κ3) is 5.39. The van der Waals surface area contributed by atoms with Crippen molar-refractivity contribution in [3.8, 4) is 0 Å². The van der Waals surface area contributed by atoms with Crippen LogP contribution >= 0.6 is 0 Å². The van der Waals surface area contributed by atoms with Gasteiger partial charge in [0.1, 0.15) is 11.4 Å². The smallest absolute Gasteiger partial charge is 0.407 e. The van der Waals surface area contributed by atoms with Gasteiger partial charge in [0.2, 0.25) is 0 Å². The fourth-order valence-corrected chi connectivity index (χ4v) is 3.53. The zero-order chi connectivity index (χ0) is 21.8. The van der Waals surface area contributed by atoms with Gasteiger partial charge in [0.05, 0.1) is 29.6 Å². The molecule has 0 atom stereocenters. The Morgan fingerprint density at radius 2 is 1.87 bits per heavy atom. The van der Waals surface area contributed by atoms with E-state index >= 15 is 0 Å². The number of carbonyl (C=O) groups excluding carboxylic acids is 1. The minimum absolute atomic E-state index is 0.292. The van der Waals surface area contributed by atoms with E-state index in [-0.39, 0.29) is 0 Å². The zero-order valence-corrected chi connectivity index (χ0v) is 18.2. The number of hydrogen-bond donors (Lipinski definition) is 1. The lowest BCUT2D eigenvalue weighted by molar-refractivity contribution is 0.0523. The maximum atomic E-state index is 11.9. The monoisotopic (exact) mass is 420 g/mol. The highest BCUT2D eigenvalue weighted by Gasteiger charge is 2.19. The van der Waals surface area contributed by atoms with E-state index in [1.54, 1.807) is 12.4 Å². The maximum absolute atomic E-state index is 11.9. The summed E-state index contributed by atoms with van der Waals surface area (Å²) in [5, 5.41) is 3.72. The summed E-state index contributed by atoms with van der Waals surface area (Å²) >= 11 is 0. The Morgan fingerprint density at radius 1 is 1.10 bits per heavy atom. The molecule has 1 N–H and O–H groups in total. The summed E-state index contributed by atoms with van der Waals surface area (Å²) in [5.74, 6) is 0.954. The predicted octanol–water partition coefficient (Wildman–Crippen LogP) is 3.38. The molecule has 1 aliphatic heterocycles. The van der Waals surface area contributed by atoms with Crippen LogP contribution in [-0.2, 0) is 11.3 Å². The van der Waals surface area contributed by atoms with Gasteiger partial charge in [-0.25, -0.2) is 9.78 Å². The van der Waals surface area contributed by atoms with Crippen LogP contribution in [-0.4, -0.2) is 52.8 Å². The van der Waals surface area contributed by atoms with Gasteiger partial charge in [-0.2, -0.15) is 0 Å². The van der Waals surface area contributed by atoms with Crippen molar-refractivity contribution in [1.29, 1.82) is 0 Å². The van der Waals surface area contributed by atoms with Crippen molar-refractivity contribution in [3.63, 3.8) is 0 Å². The minimum Gasteiger partial charge on any atom is -0.444 e. The molecule has 0 radical (unpaired) electrons. The molecule has 8 nitrogen and oxygen atoms in total. The number of nitrogens with one attached hydrogen (secondary N) is 1. The first-order valence-corrected chi connectivity index (χ1v) is 10.5. The van der Waals surface area contributed by atoms with Crippen molar-refractivity contribution >= 4 is 28.5 Å². The van der Waals surface area contributed by atoms with Crippen LogP contribution in [0.1, 0.15) is 26.5 Å². The molecule has 3 aromatic rings. The zero-order valence-electron chi connectivity index (χ0n) is 18.2. The van der Waals surface area contributed by atoms with Crippen molar-refractivity contribution in [2.24, 2.45) is 0 Å². The van der Waals surface area contributed by atoms with Gasteiger partial charge < -0.3 is 19.9 Å². The van der Waals surface area contributed by atoms with E-state index in [0.29, 0.717) is 6.54 Å². The predicted molar refractivity (Wildman–Crippen MR) is 121 cm³/mol. The molecule has 1 saturated heterocycles. The molecule has 0 unspecified atom stereocenters. The molecule has 4 rings (SSSR count). The number of alkyl carbamates (subject to hydrolysis) is 1. The largest absolute Gasteiger partial charge is 0.444 e. The van der Waals surface area contributed by atoms with Gasteiger partial charge in [-0.1, -0.05) is 0 Å². The summed E-state index contributed by atoms with van der Waals surface area (Å²) in [6, 6.07) is 10.1. The van der Waals surface area contributed by atoms with Gasteiger partial charge in [0.25, 0.3) is 0 Å². The Bertz CT molecular complexity index is 1040. The lowest BCUT2D eigenvalue weighted by Gasteiger charge is -2.36. The normalized spacial score (nSPS) is 14.5. The molecule has 0 aromatic carbocycles. The molecular formula is C23H28N6O2. The highest BCUT2D eigenvalue weighted by atomic mass is 16.6. The number of rotatable bonds is 4. The molecule has 1 fully saturated rings. The van der Waals surface area contributed by atoms with Gasteiger partial charge >= 0.3 is 6.09 Å². The van der Waals surface area contributed by atoms with Crippen molar-refractivity contribution in [2.75, 3.05) is 36.0 Å². The quantitative estimate of drug-likeness (QED) is 0.693.